The SMILES string of the molecule is CC(C)n1cnnc1-c1cccc(NC(=O)c2cc3c(cc2F)CN(C(=O)C2CC2)Cc2c(C4CC4)ncn2-3)n1. The molecule has 3 aliphatic rings. The molecule has 10 nitrogen and oxygen atoms in total. The fraction of sp³-hybridized carbons (Fsp3) is 0.379. The molecule has 0 spiro atoms. The van der Waals surface area contributed by atoms with Crippen molar-refractivity contribution in [3.8, 4) is 17.2 Å². The summed E-state index contributed by atoms with van der Waals surface area (Å²) in [7, 11) is 0. The molecule has 0 unspecified atom stereocenters. The molecule has 2 amide bonds. The number of hydrogen-bond donors (Lipinski definition) is 1. The molecule has 11 heteroatoms. The van der Waals surface area contributed by atoms with Crippen molar-refractivity contribution < 1.29 is 14.0 Å². The van der Waals surface area contributed by atoms with Gasteiger partial charge in [-0.25, -0.2) is 14.4 Å². The number of hydrogen-bond acceptors (Lipinski definition) is 6. The monoisotopic (exact) mass is 540 g/mol. The minimum absolute atomic E-state index is 0.0508. The normalized spacial score (nSPS) is 16.4. The van der Waals surface area contributed by atoms with Crippen LogP contribution in [0, 0.1) is 11.7 Å². The first-order valence-electron chi connectivity index (χ1n) is 13.7. The number of carbonyl (C=O) groups excluding carboxylic acids is 2. The molecule has 3 aromatic heterocycles. The van der Waals surface area contributed by atoms with Crippen molar-refractivity contribution in [3.05, 3.63) is 71.3 Å². The molecule has 7 rings (SSSR count). The minimum atomic E-state index is -0.656. The molecule has 1 aromatic carbocycles. The number of carbonyl (C=O) groups is 2. The van der Waals surface area contributed by atoms with Crippen molar-refractivity contribution in [2.45, 2.75) is 64.6 Å². The van der Waals surface area contributed by atoms with Gasteiger partial charge < -0.3 is 19.4 Å². The highest BCUT2D eigenvalue weighted by Crippen LogP contribution is 2.43. The van der Waals surface area contributed by atoms with Gasteiger partial charge in [0.25, 0.3) is 5.91 Å². The van der Waals surface area contributed by atoms with Crippen LogP contribution in [0.5, 0.6) is 0 Å². The Morgan fingerprint density at radius 2 is 1.90 bits per heavy atom. The molecule has 1 aliphatic heterocycles. The van der Waals surface area contributed by atoms with Crippen molar-refractivity contribution in [1.82, 2.24) is 34.2 Å². The zero-order valence-corrected chi connectivity index (χ0v) is 22.3. The Bertz CT molecular complexity index is 1650. The van der Waals surface area contributed by atoms with Crippen molar-refractivity contribution in [1.29, 1.82) is 0 Å². The van der Waals surface area contributed by atoms with Gasteiger partial charge in [0, 0.05) is 24.4 Å². The van der Waals surface area contributed by atoms with Crippen LogP contribution in [0.2, 0.25) is 0 Å². The van der Waals surface area contributed by atoms with Crippen LogP contribution in [0.15, 0.2) is 43.0 Å². The number of fused-ring (bicyclic) bond motifs is 3. The van der Waals surface area contributed by atoms with Crippen LogP contribution in [-0.2, 0) is 17.9 Å². The Kier molecular flexibility index (Phi) is 5.76. The highest BCUT2D eigenvalue weighted by Gasteiger charge is 2.38. The number of anilines is 1. The Labute approximate surface area is 230 Å². The number of pyridine rings is 1. The van der Waals surface area contributed by atoms with Crippen molar-refractivity contribution >= 4 is 17.6 Å². The average molecular weight is 541 g/mol. The fourth-order valence-corrected chi connectivity index (χ4v) is 5.38. The molecule has 0 saturated heterocycles. The van der Waals surface area contributed by atoms with E-state index in [-0.39, 0.29) is 35.8 Å². The van der Waals surface area contributed by atoms with E-state index in [2.05, 4.69) is 25.5 Å². The van der Waals surface area contributed by atoms with Gasteiger partial charge in [-0.15, -0.1) is 10.2 Å². The standard InChI is InChI=1S/C29H29FN8O2/c1-16(2)37-15-32-35-27(37)22-4-3-5-25(33-22)34-28(39)20-11-23-19(10-21(20)30)12-36(29(40)18-8-9-18)13-24-26(17-6-7-17)31-14-38(23)24/h3-5,10-11,14-18H,6-9,12-13H2,1-2H3,(H,33,34,39). The fourth-order valence-electron chi connectivity index (χ4n) is 5.38. The lowest BCUT2D eigenvalue weighted by Crippen LogP contribution is -2.31. The molecule has 2 fully saturated rings. The van der Waals surface area contributed by atoms with E-state index in [0.29, 0.717) is 35.2 Å². The Morgan fingerprint density at radius 1 is 1.07 bits per heavy atom. The minimum Gasteiger partial charge on any atom is -0.332 e. The van der Waals surface area contributed by atoms with Gasteiger partial charge in [-0.1, -0.05) is 6.07 Å². The van der Waals surface area contributed by atoms with Gasteiger partial charge in [-0.3, -0.25) is 9.59 Å². The summed E-state index contributed by atoms with van der Waals surface area (Å²) in [6.07, 6.45) is 7.32. The number of benzene rings is 1. The molecule has 2 aliphatic carbocycles. The molecular formula is C29H29FN8O2. The number of nitrogens with zero attached hydrogens (tertiary/aromatic N) is 7. The third-order valence-electron chi connectivity index (χ3n) is 7.82. The van der Waals surface area contributed by atoms with E-state index in [4.69, 9.17) is 0 Å². The summed E-state index contributed by atoms with van der Waals surface area (Å²) in [6, 6.07) is 8.25. The first-order chi connectivity index (χ1) is 19.4. The van der Waals surface area contributed by atoms with Gasteiger partial charge in [-0.2, -0.15) is 0 Å². The average Bonchev–Trinajstić information content (AvgIpc) is 3.87. The van der Waals surface area contributed by atoms with Crippen molar-refractivity contribution in [2.24, 2.45) is 5.92 Å². The number of amides is 2. The zero-order valence-electron chi connectivity index (χ0n) is 22.3. The van der Waals surface area contributed by atoms with E-state index in [1.807, 2.05) is 27.9 Å². The van der Waals surface area contributed by atoms with Gasteiger partial charge >= 0.3 is 0 Å². The molecule has 1 N–H and O–H groups in total. The Morgan fingerprint density at radius 3 is 2.65 bits per heavy atom. The lowest BCUT2D eigenvalue weighted by atomic mass is 10.1. The largest absolute Gasteiger partial charge is 0.332 e. The van der Waals surface area contributed by atoms with Gasteiger partial charge in [0.2, 0.25) is 5.91 Å². The van der Waals surface area contributed by atoms with Gasteiger partial charge in [0.05, 0.1) is 35.5 Å². The maximum absolute atomic E-state index is 15.5. The second-order valence-corrected chi connectivity index (χ2v) is 11.2. The molecule has 0 atom stereocenters. The zero-order chi connectivity index (χ0) is 27.5. The van der Waals surface area contributed by atoms with Gasteiger partial charge in [0.1, 0.15) is 23.7 Å². The number of aromatic nitrogens is 6. The summed E-state index contributed by atoms with van der Waals surface area (Å²) in [5, 5.41) is 10.9. The molecule has 204 valence electrons. The predicted molar refractivity (Wildman–Crippen MR) is 144 cm³/mol. The molecule has 0 bridgehead atoms. The molecular weight excluding hydrogens is 511 g/mol. The van der Waals surface area contributed by atoms with Crippen LogP contribution < -0.4 is 5.32 Å². The third kappa shape index (κ3) is 4.35. The van der Waals surface area contributed by atoms with E-state index in [9.17, 15) is 9.59 Å². The van der Waals surface area contributed by atoms with Crippen LogP contribution >= 0.6 is 0 Å². The second kappa shape index (κ2) is 9.35. The topological polar surface area (TPSA) is 111 Å². The van der Waals surface area contributed by atoms with Crippen LogP contribution in [-0.4, -0.2) is 46.0 Å². The second-order valence-electron chi connectivity index (χ2n) is 11.2. The lowest BCUT2D eigenvalue weighted by molar-refractivity contribution is -0.133. The summed E-state index contributed by atoms with van der Waals surface area (Å²) >= 11 is 0. The van der Waals surface area contributed by atoms with E-state index in [1.54, 1.807) is 36.9 Å². The Balaban J connectivity index is 1.23. The van der Waals surface area contributed by atoms with E-state index in [1.165, 1.54) is 6.07 Å². The maximum Gasteiger partial charge on any atom is 0.259 e. The highest BCUT2D eigenvalue weighted by molar-refractivity contribution is 6.04. The lowest BCUT2D eigenvalue weighted by Gasteiger charge is -2.21. The van der Waals surface area contributed by atoms with Crippen LogP contribution in [0.3, 0.4) is 0 Å². The summed E-state index contributed by atoms with van der Waals surface area (Å²) < 4.78 is 19.3. The Hall–Kier alpha value is -4.41. The van der Waals surface area contributed by atoms with E-state index < -0.39 is 11.7 Å². The van der Waals surface area contributed by atoms with Crippen LogP contribution in [0.1, 0.15) is 78.8 Å². The summed E-state index contributed by atoms with van der Waals surface area (Å²) in [5.74, 6) is 0.117. The highest BCUT2D eigenvalue weighted by atomic mass is 19.1. The van der Waals surface area contributed by atoms with Gasteiger partial charge in [0.15, 0.2) is 5.82 Å². The third-order valence-corrected chi connectivity index (χ3v) is 7.82. The molecule has 2 saturated carbocycles. The predicted octanol–water partition coefficient (Wildman–Crippen LogP) is 4.63. The molecule has 40 heavy (non-hydrogen) atoms. The number of imidazole rings is 1. The number of nitrogens with one attached hydrogen (secondary N) is 1. The first-order valence-corrected chi connectivity index (χ1v) is 13.7. The first kappa shape index (κ1) is 24.6. The summed E-state index contributed by atoms with van der Waals surface area (Å²) in [6.45, 7) is 4.74. The maximum atomic E-state index is 15.5. The van der Waals surface area contributed by atoms with Crippen LogP contribution in [0.25, 0.3) is 17.2 Å². The molecule has 4 aromatic rings. The number of halogens is 1. The van der Waals surface area contributed by atoms with Crippen molar-refractivity contribution in [3.63, 3.8) is 0 Å². The quantitative estimate of drug-likeness (QED) is 0.382. The van der Waals surface area contributed by atoms with Crippen molar-refractivity contribution in [2.75, 3.05) is 5.32 Å². The van der Waals surface area contributed by atoms with E-state index in [0.717, 1.165) is 37.1 Å². The molecule has 0 radical (unpaired) electrons. The van der Waals surface area contributed by atoms with Crippen LogP contribution in [0.4, 0.5) is 10.2 Å². The molecule has 4 heterocycles. The smallest absolute Gasteiger partial charge is 0.259 e. The van der Waals surface area contributed by atoms with Gasteiger partial charge in [-0.05, 0) is 69.4 Å². The summed E-state index contributed by atoms with van der Waals surface area (Å²) in [4.78, 5) is 37.5. The van der Waals surface area contributed by atoms with E-state index >= 15 is 4.39 Å². The number of rotatable bonds is 6. The summed E-state index contributed by atoms with van der Waals surface area (Å²) in [5.41, 5.74) is 3.69.